The lowest BCUT2D eigenvalue weighted by molar-refractivity contribution is -0.143. The number of hydrogen-bond donors (Lipinski definition) is 1. The van der Waals surface area contributed by atoms with Gasteiger partial charge in [0.05, 0.1) is 6.61 Å². The van der Waals surface area contributed by atoms with Gasteiger partial charge in [-0.15, -0.1) is 0 Å². The van der Waals surface area contributed by atoms with Gasteiger partial charge in [0.1, 0.15) is 0 Å². The molecule has 0 aliphatic carbocycles. The van der Waals surface area contributed by atoms with Crippen molar-refractivity contribution in [3.05, 3.63) is 12.2 Å². The minimum atomic E-state index is 0.0177. The van der Waals surface area contributed by atoms with E-state index in [0.29, 0.717) is 19.6 Å². The van der Waals surface area contributed by atoms with E-state index in [1.54, 1.807) is 0 Å². The molecule has 44 heavy (non-hydrogen) atoms. The van der Waals surface area contributed by atoms with Crippen molar-refractivity contribution < 1.29 is 14.6 Å². The zero-order chi connectivity index (χ0) is 31.9. The number of unbranched alkanes of at least 4 members (excludes halogenated alkanes) is 31. The number of esters is 1. The Hall–Kier alpha value is -0.830. The quantitative estimate of drug-likeness (QED) is 0.0424. The maximum absolute atomic E-state index is 12.0. The van der Waals surface area contributed by atoms with Crippen molar-refractivity contribution in [2.45, 2.75) is 232 Å². The fraction of sp³-hybridized carbons (Fsp3) is 0.927. The Morgan fingerprint density at radius 3 is 1.14 bits per heavy atom. The molecule has 0 saturated heterocycles. The van der Waals surface area contributed by atoms with Crippen LogP contribution in [0.2, 0.25) is 0 Å². The van der Waals surface area contributed by atoms with Crippen LogP contribution in [0.25, 0.3) is 0 Å². The van der Waals surface area contributed by atoms with Crippen molar-refractivity contribution in [3.63, 3.8) is 0 Å². The first kappa shape index (κ1) is 43.2. The predicted molar refractivity (Wildman–Crippen MR) is 194 cm³/mol. The highest BCUT2D eigenvalue weighted by atomic mass is 16.5. The minimum Gasteiger partial charge on any atom is -0.466 e. The molecule has 0 rings (SSSR count). The summed E-state index contributed by atoms with van der Waals surface area (Å²) in [6, 6.07) is 0. The zero-order valence-electron chi connectivity index (χ0n) is 30.1. The maximum atomic E-state index is 12.0. The van der Waals surface area contributed by atoms with Gasteiger partial charge in [-0.25, -0.2) is 0 Å². The Balaban J connectivity index is 3.17. The Kier molecular flexibility index (Phi) is 39.4. The minimum absolute atomic E-state index is 0.0177. The molecule has 0 bridgehead atoms. The third kappa shape index (κ3) is 39.2. The van der Waals surface area contributed by atoms with Crippen LogP contribution in [0.4, 0.5) is 0 Å². The molecule has 0 fully saturated rings. The molecule has 0 aromatic rings. The summed E-state index contributed by atoms with van der Waals surface area (Å²) in [5.74, 6) is 0.0177. The molecule has 0 unspecified atom stereocenters. The SMILES string of the molecule is CCCCCCCCC=CCCCCCCCCCCCC(=O)OCCCCCCCCCCCCCCCCCCCO. The molecule has 0 radical (unpaired) electrons. The van der Waals surface area contributed by atoms with Gasteiger partial charge in [-0.2, -0.15) is 0 Å². The summed E-state index contributed by atoms with van der Waals surface area (Å²) in [5, 5.41) is 8.79. The second-order valence-corrected chi connectivity index (χ2v) is 13.7. The number of hydrogen-bond acceptors (Lipinski definition) is 3. The number of rotatable bonds is 38. The average molecular weight is 621 g/mol. The smallest absolute Gasteiger partial charge is 0.305 e. The second kappa shape index (κ2) is 40.2. The van der Waals surface area contributed by atoms with Gasteiger partial charge >= 0.3 is 5.97 Å². The third-order valence-corrected chi connectivity index (χ3v) is 9.21. The van der Waals surface area contributed by atoms with Crippen molar-refractivity contribution in [3.8, 4) is 0 Å². The second-order valence-electron chi connectivity index (χ2n) is 13.7. The summed E-state index contributed by atoms with van der Waals surface area (Å²) >= 11 is 0. The lowest BCUT2D eigenvalue weighted by Gasteiger charge is -2.06. The molecule has 0 atom stereocenters. The molecule has 0 aliphatic heterocycles. The Morgan fingerprint density at radius 1 is 0.432 bits per heavy atom. The van der Waals surface area contributed by atoms with Crippen LogP contribution in [0, 0.1) is 0 Å². The molecule has 3 nitrogen and oxygen atoms in total. The van der Waals surface area contributed by atoms with Gasteiger partial charge in [-0.3, -0.25) is 4.79 Å². The third-order valence-electron chi connectivity index (χ3n) is 9.21. The Morgan fingerprint density at radius 2 is 0.750 bits per heavy atom. The average Bonchev–Trinajstić information content (AvgIpc) is 3.03. The van der Waals surface area contributed by atoms with Gasteiger partial charge in [0.25, 0.3) is 0 Å². The highest BCUT2D eigenvalue weighted by Gasteiger charge is 2.03. The number of carbonyl (C=O) groups excluding carboxylic acids is 1. The van der Waals surface area contributed by atoms with Crippen LogP contribution in [0.1, 0.15) is 232 Å². The lowest BCUT2D eigenvalue weighted by Crippen LogP contribution is -2.05. The van der Waals surface area contributed by atoms with E-state index >= 15 is 0 Å². The largest absolute Gasteiger partial charge is 0.466 e. The summed E-state index contributed by atoms with van der Waals surface area (Å²) in [6.45, 7) is 3.26. The maximum Gasteiger partial charge on any atom is 0.305 e. The van der Waals surface area contributed by atoms with Gasteiger partial charge in [-0.1, -0.05) is 192 Å². The molecule has 0 aliphatic rings. The van der Waals surface area contributed by atoms with E-state index in [-0.39, 0.29) is 5.97 Å². The van der Waals surface area contributed by atoms with Crippen LogP contribution in [-0.2, 0) is 9.53 Å². The first-order chi connectivity index (χ1) is 21.8. The van der Waals surface area contributed by atoms with Crippen LogP contribution < -0.4 is 0 Å². The molecular formula is C41H80O3. The fourth-order valence-electron chi connectivity index (χ4n) is 6.17. The number of aliphatic hydroxyl groups excluding tert-OH is 1. The van der Waals surface area contributed by atoms with Crippen molar-refractivity contribution in [1.82, 2.24) is 0 Å². The zero-order valence-corrected chi connectivity index (χ0v) is 30.1. The fourth-order valence-corrected chi connectivity index (χ4v) is 6.17. The Labute approximate surface area is 277 Å². The van der Waals surface area contributed by atoms with Crippen LogP contribution in [0.5, 0.6) is 0 Å². The van der Waals surface area contributed by atoms with E-state index in [4.69, 9.17) is 9.84 Å². The lowest BCUT2D eigenvalue weighted by atomic mass is 10.0. The molecule has 3 heteroatoms. The van der Waals surface area contributed by atoms with E-state index in [1.807, 2.05) is 0 Å². The van der Waals surface area contributed by atoms with Crippen LogP contribution >= 0.6 is 0 Å². The predicted octanol–water partition coefficient (Wildman–Crippen LogP) is 13.8. The topological polar surface area (TPSA) is 46.5 Å². The first-order valence-corrected chi connectivity index (χ1v) is 20.2. The summed E-state index contributed by atoms with van der Waals surface area (Å²) in [7, 11) is 0. The highest BCUT2D eigenvalue weighted by molar-refractivity contribution is 5.69. The van der Waals surface area contributed by atoms with Crippen molar-refractivity contribution in [2.24, 2.45) is 0 Å². The molecule has 262 valence electrons. The van der Waals surface area contributed by atoms with Gasteiger partial charge in [0, 0.05) is 13.0 Å². The van der Waals surface area contributed by atoms with Gasteiger partial charge in [0.15, 0.2) is 0 Å². The summed E-state index contributed by atoms with van der Waals surface area (Å²) in [5.41, 5.74) is 0. The van der Waals surface area contributed by atoms with Gasteiger partial charge in [-0.05, 0) is 44.9 Å². The molecule has 1 N–H and O–H groups in total. The number of aliphatic hydroxyl groups is 1. The van der Waals surface area contributed by atoms with E-state index in [2.05, 4.69) is 19.1 Å². The van der Waals surface area contributed by atoms with Gasteiger partial charge in [0.2, 0.25) is 0 Å². The van der Waals surface area contributed by atoms with Crippen LogP contribution in [0.15, 0.2) is 12.2 Å². The Bertz CT molecular complexity index is 558. The number of carbonyl (C=O) groups is 1. The first-order valence-electron chi connectivity index (χ1n) is 20.2. The molecular weight excluding hydrogens is 540 g/mol. The van der Waals surface area contributed by atoms with E-state index in [1.165, 1.54) is 199 Å². The molecule has 0 spiro atoms. The molecule has 0 amide bonds. The number of ether oxygens (including phenoxy) is 1. The summed E-state index contributed by atoms with van der Waals surface area (Å²) in [4.78, 5) is 12.0. The number of allylic oxidation sites excluding steroid dienone is 2. The van der Waals surface area contributed by atoms with Crippen molar-refractivity contribution in [1.29, 1.82) is 0 Å². The van der Waals surface area contributed by atoms with E-state index < -0.39 is 0 Å². The van der Waals surface area contributed by atoms with Crippen molar-refractivity contribution >= 4 is 5.97 Å². The van der Waals surface area contributed by atoms with Gasteiger partial charge < -0.3 is 9.84 Å². The molecule has 0 saturated carbocycles. The summed E-state index contributed by atoms with van der Waals surface area (Å²) < 4.78 is 5.46. The van der Waals surface area contributed by atoms with E-state index in [9.17, 15) is 4.79 Å². The highest BCUT2D eigenvalue weighted by Crippen LogP contribution is 2.15. The monoisotopic (exact) mass is 621 g/mol. The molecule has 0 aromatic heterocycles. The van der Waals surface area contributed by atoms with Crippen molar-refractivity contribution in [2.75, 3.05) is 13.2 Å². The normalized spacial score (nSPS) is 11.6. The van der Waals surface area contributed by atoms with Crippen LogP contribution in [0.3, 0.4) is 0 Å². The van der Waals surface area contributed by atoms with E-state index in [0.717, 1.165) is 19.3 Å². The van der Waals surface area contributed by atoms with Crippen LogP contribution in [-0.4, -0.2) is 24.3 Å². The summed E-state index contributed by atoms with van der Waals surface area (Å²) in [6.07, 6.45) is 50.2. The molecule has 0 aromatic carbocycles. The molecule has 0 heterocycles. The standard InChI is InChI=1S/C41H80O3/c1-2-3-4-5-6-7-8-9-10-11-12-14-17-20-23-26-29-32-35-38-41(43)44-40-37-34-31-28-25-22-19-16-13-15-18-21-24-27-30-33-36-39-42/h9-10,42H,2-8,11-40H2,1H3.